The number of hydrogen-bond acceptors (Lipinski definition) is 4. The number of sulfonamides is 1. The van der Waals surface area contributed by atoms with Gasteiger partial charge in [0.1, 0.15) is 6.04 Å². The van der Waals surface area contributed by atoms with E-state index >= 15 is 0 Å². The van der Waals surface area contributed by atoms with Crippen LogP contribution in [-0.2, 0) is 14.8 Å². The van der Waals surface area contributed by atoms with Crippen LogP contribution in [0.5, 0.6) is 0 Å². The summed E-state index contributed by atoms with van der Waals surface area (Å²) < 4.78 is 26.6. The lowest BCUT2D eigenvalue weighted by atomic mass is 10.1. The van der Waals surface area contributed by atoms with E-state index < -0.39 is 22.0 Å². The van der Waals surface area contributed by atoms with Crippen LogP contribution in [0.25, 0.3) is 0 Å². The molecule has 0 bridgehead atoms. The quantitative estimate of drug-likeness (QED) is 0.658. The molecule has 1 amide bonds. The highest BCUT2D eigenvalue weighted by Gasteiger charge is 2.24. The molecule has 0 aromatic heterocycles. The molecule has 0 saturated heterocycles. The molecule has 8 heteroatoms. The molecule has 0 saturated carbocycles. The second-order valence-corrected chi connectivity index (χ2v) is 6.47. The first-order valence-electron chi connectivity index (χ1n) is 6.89. The number of hydrogen-bond donors (Lipinski definition) is 3. The Balaban J connectivity index is 2.93. The highest BCUT2D eigenvalue weighted by molar-refractivity contribution is 7.89. The summed E-state index contributed by atoms with van der Waals surface area (Å²) >= 11 is 0. The van der Waals surface area contributed by atoms with Crippen molar-refractivity contribution in [3.63, 3.8) is 0 Å². The van der Waals surface area contributed by atoms with E-state index in [0.29, 0.717) is 12.0 Å². The van der Waals surface area contributed by atoms with Crippen LogP contribution in [0.15, 0.2) is 29.2 Å². The van der Waals surface area contributed by atoms with Crippen molar-refractivity contribution in [3.05, 3.63) is 29.8 Å². The molecule has 1 aromatic carbocycles. The van der Waals surface area contributed by atoms with Gasteiger partial charge in [-0.2, -0.15) is 4.72 Å². The zero-order chi connectivity index (χ0) is 16.8. The van der Waals surface area contributed by atoms with Crippen LogP contribution >= 0.6 is 0 Å². The first-order chi connectivity index (χ1) is 10.3. The van der Waals surface area contributed by atoms with Gasteiger partial charge in [-0.05, 0) is 30.7 Å². The van der Waals surface area contributed by atoms with E-state index in [9.17, 15) is 18.0 Å². The molecule has 7 nitrogen and oxygen atoms in total. The minimum absolute atomic E-state index is 0.0806. The fraction of sp³-hybridized carbons (Fsp3) is 0.429. The second kappa shape index (κ2) is 7.90. The fourth-order valence-electron chi connectivity index (χ4n) is 1.83. The first kappa shape index (κ1) is 18.1. The molecule has 1 rings (SSSR count). The number of carbonyl (C=O) groups excluding carboxylic acids is 1. The van der Waals surface area contributed by atoms with Crippen molar-refractivity contribution in [3.8, 4) is 0 Å². The van der Waals surface area contributed by atoms with Gasteiger partial charge in [-0.1, -0.05) is 19.8 Å². The Bertz CT molecular complexity index is 625. The number of aliphatic carboxylic acids is 1. The summed E-state index contributed by atoms with van der Waals surface area (Å²) in [6.07, 6.45) is 1.60. The van der Waals surface area contributed by atoms with Crippen molar-refractivity contribution in [2.75, 3.05) is 7.05 Å². The van der Waals surface area contributed by atoms with Gasteiger partial charge in [-0.25, -0.2) is 8.42 Å². The third kappa shape index (κ3) is 4.81. The molecule has 122 valence electrons. The largest absolute Gasteiger partial charge is 0.480 e. The Labute approximate surface area is 129 Å². The number of carbonyl (C=O) groups is 2. The third-order valence-corrected chi connectivity index (χ3v) is 4.58. The molecule has 1 aromatic rings. The van der Waals surface area contributed by atoms with Crippen LogP contribution in [0.2, 0.25) is 0 Å². The number of amides is 1. The Morgan fingerprint density at radius 2 is 1.82 bits per heavy atom. The Hall–Kier alpha value is -1.93. The SMILES string of the molecule is CCCCC(NS(=O)(=O)c1ccc(C(=O)NC)cc1)C(=O)O. The minimum atomic E-state index is -3.95. The van der Waals surface area contributed by atoms with Gasteiger partial charge in [0.2, 0.25) is 10.0 Å². The standard InChI is InChI=1S/C14H20N2O5S/c1-3-4-5-12(14(18)19)16-22(20,21)11-8-6-10(7-9-11)13(17)15-2/h6-9,12,16H,3-5H2,1-2H3,(H,15,17)(H,18,19). The predicted molar refractivity (Wildman–Crippen MR) is 81.1 cm³/mol. The molecule has 0 heterocycles. The van der Waals surface area contributed by atoms with E-state index in [4.69, 9.17) is 5.11 Å². The van der Waals surface area contributed by atoms with Gasteiger partial charge in [0, 0.05) is 12.6 Å². The van der Waals surface area contributed by atoms with Crippen LogP contribution in [0.1, 0.15) is 36.5 Å². The van der Waals surface area contributed by atoms with Crippen LogP contribution in [-0.4, -0.2) is 38.5 Å². The third-order valence-electron chi connectivity index (χ3n) is 3.10. The summed E-state index contributed by atoms with van der Waals surface area (Å²) in [6.45, 7) is 1.89. The summed E-state index contributed by atoms with van der Waals surface area (Å²) in [6, 6.07) is 4.12. The smallest absolute Gasteiger partial charge is 0.321 e. The highest BCUT2D eigenvalue weighted by atomic mass is 32.2. The average Bonchev–Trinajstić information content (AvgIpc) is 2.50. The molecule has 1 atom stereocenters. The van der Waals surface area contributed by atoms with E-state index in [1.807, 2.05) is 6.92 Å². The Kier molecular flexibility index (Phi) is 6.51. The topological polar surface area (TPSA) is 113 Å². The van der Waals surface area contributed by atoms with Crippen molar-refractivity contribution in [1.82, 2.24) is 10.0 Å². The zero-order valence-electron chi connectivity index (χ0n) is 12.5. The number of unbranched alkanes of at least 4 members (excludes halogenated alkanes) is 1. The van der Waals surface area contributed by atoms with Crippen LogP contribution in [0, 0.1) is 0 Å². The van der Waals surface area contributed by atoms with Crippen LogP contribution in [0.3, 0.4) is 0 Å². The van der Waals surface area contributed by atoms with Gasteiger partial charge < -0.3 is 10.4 Å². The summed E-state index contributed by atoms with van der Waals surface area (Å²) in [5, 5.41) is 11.5. The van der Waals surface area contributed by atoms with E-state index in [1.165, 1.54) is 31.3 Å². The monoisotopic (exact) mass is 328 g/mol. The lowest BCUT2D eigenvalue weighted by Gasteiger charge is -2.14. The number of benzene rings is 1. The second-order valence-electron chi connectivity index (χ2n) is 4.76. The summed E-state index contributed by atoms with van der Waals surface area (Å²) in [5.41, 5.74) is 0.321. The molecule has 0 aliphatic rings. The van der Waals surface area contributed by atoms with Gasteiger partial charge >= 0.3 is 5.97 Å². The molecule has 0 aliphatic heterocycles. The highest BCUT2D eigenvalue weighted by Crippen LogP contribution is 2.13. The molecule has 0 spiro atoms. The van der Waals surface area contributed by atoms with E-state index in [2.05, 4.69) is 10.0 Å². The summed E-state index contributed by atoms with van der Waals surface area (Å²) in [5.74, 6) is -1.54. The number of rotatable bonds is 8. The zero-order valence-corrected chi connectivity index (χ0v) is 13.3. The molecule has 22 heavy (non-hydrogen) atoms. The van der Waals surface area contributed by atoms with E-state index in [1.54, 1.807) is 0 Å². The molecular formula is C14H20N2O5S. The average molecular weight is 328 g/mol. The number of carboxylic acid groups (broad SMARTS) is 1. The van der Waals surface area contributed by atoms with Gasteiger partial charge in [0.15, 0.2) is 0 Å². The number of nitrogens with one attached hydrogen (secondary N) is 2. The lowest BCUT2D eigenvalue weighted by molar-refractivity contribution is -0.139. The lowest BCUT2D eigenvalue weighted by Crippen LogP contribution is -2.40. The van der Waals surface area contributed by atoms with Crippen molar-refractivity contribution >= 4 is 21.9 Å². The van der Waals surface area contributed by atoms with Crippen molar-refractivity contribution in [1.29, 1.82) is 0 Å². The van der Waals surface area contributed by atoms with Gasteiger partial charge in [0.05, 0.1) is 4.90 Å². The number of carboxylic acids is 1. The van der Waals surface area contributed by atoms with Gasteiger partial charge in [-0.15, -0.1) is 0 Å². The van der Waals surface area contributed by atoms with Crippen LogP contribution in [0.4, 0.5) is 0 Å². The molecule has 0 fully saturated rings. The maximum absolute atomic E-state index is 12.2. The predicted octanol–water partition coefficient (Wildman–Crippen LogP) is 0.968. The van der Waals surface area contributed by atoms with E-state index in [-0.39, 0.29) is 17.2 Å². The van der Waals surface area contributed by atoms with Gasteiger partial charge in [0.25, 0.3) is 5.91 Å². The van der Waals surface area contributed by atoms with Crippen molar-refractivity contribution < 1.29 is 23.1 Å². The Morgan fingerprint density at radius 3 is 2.27 bits per heavy atom. The Morgan fingerprint density at radius 1 is 1.23 bits per heavy atom. The molecule has 0 aliphatic carbocycles. The summed E-state index contributed by atoms with van der Waals surface area (Å²) in [7, 11) is -2.47. The minimum Gasteiger partial charge on any atom is -0.480 e. The summed E-state index contributed by atoms with van der Waals surface area (Å²) in [4.78, 5) is 22.4. The molecule has 1 unspecified atom stereocenters. The molecule has 3 N–H and O–H groups in total. The normalized spacial score (nSPS) is 12.6. The van der Waals surface area contributed by atoms with Crippen LogP contribution < -0.4 is 10.0 Å². The van der Waals surface area contributed by atoms with Gasteiger partial charge in [-0.3, -0.25) is 9.59 Å². The van der Waals surface area contributed by atoms with Crippen molar-refractivity contribution in [2.24, 2.45) is 0 Å². The molecular weight excluding hydrogens is 308 g/mol. The molecule has 0 radical (unpaired) electrons. The fourth-order valence-corrected chi connectivity index (χ4v) is 3.05. The van der Waals surface area contributed by atoms with E-state index in [0.717, 1.165) is 6.42 Å². The maximum atomic E-state index is 12.2. The maximum Gasteiger partial charge on any atom is 0.321 e. The first-order valence-corrected chi connectivity index (χ1v) is 8.37. The van der Waals surface area contributed by atoms with Crippen molar-refractivity contribution in [2.45, 2.75) is 37.1 Å².